The van der Waals surface area contributed by atoms with Gasteiger partial charge < -0.3 is 40.9 Å². The Labute approximate surface area is 332 Å². The minimum absolute atomic E-state index is 0. The fraction of sp³-hybridized carbons (Fsp3) is 0. The number of rotatable bonds is 0. The van der Waals surface area contributed by atoms with Gasteiger partial charge in [-0.05, 0) is 0 Å². The molecule has 43 heavy (non-hydrogen) atoms. The minimum atomic E-state index is -3.83. The van der Waals surface area contributed by atoms with Crippen molar-refractivity contribution in [3.8, 4) is 0 Å². The van der Waals surface area contributed by atoms with Crippen LogP contribution in [0.5, 0.6) is 0 Å². The van der Waals surface area contributed by atoms with Gasteiger partial charge in [0.1, 0.15) is 0 Å². The fourth-order valence-corrected chi connectivity index (χ4v) is 0. The molecule has 0 aromatic heterocycles. The van der Waals surface area contributed by atoms with Crippen LogP contribution in [0, 0.1) is 0 Å². The van der Waals surface area contributed by atoms with E-state index in [1.165, 1.54) is 0 Å². The predicted molar refractivity (Wildman–Crippen MR) is 170 cm³/mol. The summed E-state index contributed by atoms with van der Waals surface area (Å²) in [4.78, 5) is 0. The van der Waals surface area contributed by atoms with E-state index in [1.807, 2.05) is 0 Å². The molecule has 39 heteroatoms. The summed E-state index contributed by atoms with van der Waals surface area (Å²) in [5.74, 6) is 0. The topological polar surface area (TPSA) is 455 Å². The van der Waals surface area contributed by atoms with Crippen LogP contribution in [0.15, 0.2) is 0 Å². The summed E-state index contributed by atoms with van der Waals surface area (Å²) in [7, 11) is -19.2. The van der Waals surface area contributed by atoms with E-state index < -0.39 is 66.2 Å². The summed E-state index contributed by atoms with van der Waals surface area (Å²) in [5.41, 5.74) is 0. The second-order valence-corrected chi connectivity index (χ2v) is 15.8. The molecule has 0 spiro atoms. The summed E-state index contributed by atoms with van der Waals surface area (Å²) >= 11 is 31.7. The van der Waals surface area contributed by atoms with Crippen LogP contribution >= 0.6 is 48.9 Å². The van der Waals surface area contributed by atoms with Gasteiger partial charge in [0.25, 0.3) is 45.3 Å². The molecule has 0 aliphatic rings. The molecule has 0 saturated carbocycles. The molecule has 256 valence electrons. The van der Waals surface area contributed by atoms with E-state index in [4.69, 9.17) is 107 Å². The van der Waals surface area contributed by atoms with Crippen molar-refractivity contribution in [3.63, 3.8) is 0 Å². The van der Waals surface area contributed by atoms with Crippen LogP contribution in [0.4, 0.5) is 0 Å². The van der Waals surface area contributed by atoms with Crippen molar-refractivity contribution in [2.24, 2.45) is 0 Å². The Bertz CT molecular complexity index is 954. The molecule has 0 aliphatic heterocycles. The molecular weight excluding hydrogens is 911 g/mol. The predicted octanol–water partition coefficient (Wildman–Crippen LogP) is -8.44. The fourth-order valence-electron chi connectivity index (χ4n) is 0. The number of aliphatic hydroxyl groups is 6. The molecule has 23 nitrogen and oxygen atoms in total. The van der Waals surface area contributed by atoms with Crippen molar-refractivity contribution in [2.75, 3.05) is 0 Å². The van der Waals surface area contributed by atoms with Gasteiger partial charge in [-0.1, -0.05) is 0 Å². The number of hydrogen-bond acceptors (Lipinski definition) is 16. The SMILES string of the molecule is O=S(O)(O)=S.O=S(O)(O)=S.O=S(O)(O)=S.O=S(O)(O)=S.O=S(O)(O)=S.OC(O)=S.OC(O)=S.OC(O)=S.[Na+].[Na+].[O-]C([O-])=S. The largest absolute Gasteiger partial charge is 1.00 e. The standard InChI is InChI=1S/4CH2O2S.2Na.5H2O3S2/c4*2-1(3)4;;;5*1-5(2,3)4/h4*(H2,2,3,4);;;5*(H2,1,2,3,4)/q;;;;2*+1;;;;;/p-2. The average Bonchev–Trinajstić information content (AvgIpc) is 2.32. The van der Waals surface area contributed by atoms with E-state index in [1.54, 1.807) is 0 Å². The first-order valence-corrected chi connectivity index (χ1v) is 19.7. The van der Waals surface area contributed by atoms with Crippen LogP contribution in [0.1, 0.15) is 0 Å². The maximum Gasteiger partial charge on any atom is 1.00 e. The van der Waals surface area contributed by atoms with Crippen molar-refractivity contribution in [1.29, 1.82) is 0 Å². The van der Waals surface area contributed by atoms with Gasteiger partial charge in [-0.2, -0.15) is 21.0 Å². The maximum absolute atomic E-state index is 9.11. The van der Waals surface area contributed by atoms with E-state index in [0.717, 1.165) is 0 Å². The van der Waals surface area contributed by atoms with Gasteiger partial charge in [0.2, 0.25) is 0 Å². The maximum atomic E-state index is 9.11. The molecule has 0 unspecified atom stereocenters. The molecule has 0 atom stereocenters. The van der Waals surface area contributed by atoms with E-state index in [0.29, 0.717) is 0 Å². The van der Waals surface area contributed by atoms with Gasteiger partial charge in [0.05, 0.1) is 0 Å². The third-order valence-electron chi connectivity index (χ3n) is 0. The van der Waals surface area contributed by atoms with Gasteiger partial charge in [-0.25, -0.2) is 0 Å². The molecule has 0 aliphatic carbocycles. The Morgan fingerprint density at radius 2 is 0.372 bits per heavy atom. The van der Waals surface area contributed by atoms with Crippen molar-refractivity contribution in [1.82, 2.24) is 0 Å². The molecule has 0 amide bonds. The van der Waals surface area contributed by atoms with Crippen LogP contribution in [0.2, 0.25) is 0 Å². The Kier molecular flexibility index (Phi) is 74.2. The first kappa shape index (κ1) is 75.5. The molecule has 0 saturated heterocycles. The molecule has 0 rings (SSSR count). The zero-order valence-corrected chi connectivity index (χ0v) is 35.2. The van der Waals surface area contributed by atoms with E-state index >= 15 is 0 Å². The van der Waals surface area contributed by atoms with Gasteiger partial charge >= 0.3 is 74.8 Å². The zero-order chi connectivity index (χ0) is 36.8. The molecular formula is C4H16Na2O23S14. The van der Waals surface area contributed by atoms with E-state index in [2.05, 4.69) is 105 Å². The zero-order valence-electron chi connectivity index (χ0n) is 19.7. The van der Waals surface area contributed by atoms with Gasteiger partial charge in [-0.15, -0.1) is 17.5 Å². The van der Waals surface area contributed by atoms with Gasteiger partial charge in [0.15, 0.2) is 0 Å². The quantitative estimate of drug-likeness (QED) is 0.0792. The Balaban J connectivity index is -0.0000000297. The summed E-state index contributed by atoms with van der Waals surface area (Å²) in [6, 6.07) is 0. The van der Waals surface area contributed by atoms with Crippen molar-refractivity contribution >= 4 is 171 Å². The second-order valence-electron chi connectivity index (χ2n) is 3.34. The van der Waals surface area contributed by atoms with Crippen molar-refractivity contribution in [2.45, 2.75) is 0 Å². The third kappa shape index (κ3) is 16100. The van der Waals surface area contributed by atoms with Crippen molar-refractivity contribution < 1.29 is 167 Å². The van der Waals surface area contributed by atoms with Gasteiger partial charge in [0, 0.05) is 92.6 Å². The van der Waals surface area contributed by atoms with E-state index in [9.17, 15) is 0 Å². The molecule has 16 N–H and O–H groups in total. The van der Waals surface area contributed by atoms with Crippen LogP contribution in [0.25, 0.3) is 0 Å². The number of hydrogen-bond donors (Lipinski definition) is 16. The summed E-state index contributed by atoms with van der Waals surface area (Å²) in [6.07, 6.45) is 0. The summed E-state index contributed by atoms with van der Waals surface area (Å²) in [5, 5.41) is 57.0. The second kappa shape index (κ2) is 42.2. The van der Waals surface area contributed by atoms with E-state index in [-0.39, 0.29) is 59.1 Å². The molecule has 0 aromatic carbocycles. The third-order valence-corrected chi connectivity index (χ3v) is 0. The van der Waals surface area contributed by atoms with Crippen LogP contribution < -0.4 is 69.3 Å². The molecule has 0 bridgehead atoms. The van der Waals surface area contributed by atoms with Gasteiger partial charge in [-0.3, -0.25) is 45.5 Å². The van der Waals surface area contributed by atoms with Crippen LogP contribution in [-0.4, -0.2) is 118 Å². The first-order chi connectivity index (χ1) is 16.9. The monoisotopic (exact) mass is 926 g/mol. The molecule has 0 heterocycles. The minimum Gasteiger partial charge on any atom is -0.876 e. The summed E-state index contributed by atoms with van der Waals surface area (Å²) in [6.45, 7) is 0. The smallest absolute Gasteiger partial charge is 0.876 e. The van der Waals surface area contributed by atoms with Crippen LogP contribution in [0.3, 0.4) is 0 Å². The average molecular weight is 927 g/mol. The molecule has 0 aromatic rings. The Morgan fingerprint density at radius 1 is 0.372 bits per heavy atom. The Hall–Kier alpha value is 2.21. The number of thiocarbonyl (C=S) groups is 4. The van der Waals surface area contributed by atoms with Crippen LogP contribution in [-0.2, 0) is 101 Å². The Morgan fingerprint density at radius 3 is 0.372 bits per heavy atom. The summed E-state index contributed by atoms with van der Waals surface area (Å²) < 4.78 is 120. The van der Waals surface area contributed by atoms with Crippen molar-refractivity contribution in [3.05, 3.63) is 0 Å². The number of aliphatic hydroxyl groups excluding tert-OH is 3. The first-order valence-electron chi connectivity index (χ1n) is 6.06. The molecule has 0 radical (unpaired) electrons. The normalized spacial score (nSPS) is 8.98. The molecule has 0 fully saturated rings.